The molecule has 1 N–H and O–H groups in total. The number of amidine groups is 1. The number of nitrogens with zero attached hydrogens (tertiary/aromatic N) is 1. The minimum atomic E-state index is 0.933. The molecular weight excluding hydrogens is 228 g/mol. The van der Waals surface area contributed by atoms with Crippen LogP contribution < -0.4 is 5.32 Å². The molecule has 0 atom stereocenters. The Morgan fingerprint density at radius 2 is 1.65 bits per heavy atom. The van der Waals surface area contributed by atoms with Gasteiger partial charge in [-0.25, -0.2) is 4.99 Å². The van der Waals surface area contributed by atoms with Gasteiger partial charge in [0.25, 0.3) is 0 Å². The van der Waals surface area contributed by atoms with Gasteiger partial charge in [0.05, 0.1) is 5.69 Å². The van der Waals surface area contributed by atoms with E-state index in [2.05, 4.69) is 46.7 Å². The zero-order valence-corrected chi connectivity index (χ0v) is 10.3. The van der Waals surface area contributed by atoms with Gasteiger partial charge in [-0.3, -0.25) is 0 Å². The number of hydrogen-bond donors (Lipinski definition) is 1. The van der Waals surface area contributed by atoms with Crippen molar-refractivity contribution in [2.45, 2.75) is 0 Å². The maximum absolute atomic E-state index is 4.64. The first kappa shape index (κ1) is 10.4. The van der Waals surface area contributed by atoms with E-state index in [9.17, 15) is 0 Å². The van der Waals surface area contributed by atoms with Gasteiger partial charge in [-0.1, -0.05) is 48.2 Å². The van der Waals surface area contributed by atoms with Crippen molar-refractivity contribution in [2.24, 2.45) is 4.99 Å². The van der Waals surface area contributed by atoms with Crippen molar-refractivity contribution in [1.82, 2.24) is 0 Å². The summed E-state index contributed by atoms with van der Waals surface area (Å²) in [4.78, 5) is 4.64. The maximum Gasteiger partial charge on any atom is 0.165 e. The van der Waals surface area contributed by atoms with Crippen LogP contribution in [0.25, 0.3) is 11.1 Å². The number of rotatable bonds is 0. The summed E-state index contributed by atoms with van der Waals surface area (Å²) in [5, 5.41) is 4.30. The zero-order chi connectivity index (χ0) is 11.7. The van der Waals surface area contributed by atoms with Crippen LogP contribution in [0, 0.1) is 0 Å². The molecule has 1 aliphatic heterocycles. The topological polar surface area (TPSA) is 24.4 Å². The molecule has 0 saturated heterocycles. The van der Waals surface area contributed by atoms with Crippen molar-refractivity contribution < 1.29 is 0 Å². The Hall–Kier alpha value is -1.74. The number of nitrogens with one attached hydrogen (secondary N) is 1. The van der Waals surface area contributed by atoms with E-state index in [0.29, 0.717) is 0 Å². The Kier molecular flexibility index (Phi) is 2.61. The van der Waals surface area contributed by atoms with Gasteiger partial charge >= 0.3 is 0 Å². The van der Waals surface area contributed by atoms with Gasteiger partial charge in [-0.05, 0) is 18.4 Å². The highest BCUT2D eigenvalue weighted by Crippen LogP contribution is 2.38. The van der Waals surface area contributed by atoms with Crippen molar-refractivity contribution in [3.63, 3.8) is 0 Å². The summed E-state index contributed by atoms with van der Waals surface area (Å²) in [5.41, 5.74) is 4.52. The molecule has 2 aromatic rings. The van der Waals surface area contributed by atoms with Gasteiger partial charge in [-0.15, -0.1) is 0 Å². The highest BCUT2D eigenvalue weighted by atomic mass is 32.2. The molecule has 0 fully saturated rings. The van der Waals surface area contributed by atoms with E-state index in [1.807, 2.05) is 18.4 Å². The van der Waals surface area contributed by atoms with Crippen LogP contribution in [0.2, 0.25) is 0 Å². The molecule has 2 aromatic carbocycles. The third-order valence-corrected chi connectivity index (χ3v) is 3.36. The molecule has 0 spiro atoms. The van der Waals surface area contributed by atoms with Crippen LogP contribution in [0.5, 0.6) is 0 Å². The minimum absolute atomic E-state index is 0.933. The first-order valence-electron chi connectivity index (χ1n) is 5.46. The van der Waals surface area contributed by atoms with Crippen LogP contribution in [-0.2, 0) is 0 Å². The smallest absolute Gasteiger partial charge is 0.165 e. The number of benzene rings is 2. The van der Waals surface area contributed by atoms with Crippen molar-refractivity contribution in [3.8, 4) is 11.1 Å². The fraction of sp³-hybridized carbons (Fsp3) is 0.0714. The molecule has 0 bridgehead atoms. The number of aliphatic imine (C=N–C) groups is 1. The van der Waals surface area contributed by atoms with Crippen molar-refractivity contribution in [3.05, 3.63) is 48.5 Å². The number of thioether (sulfide) groups is 1. The largest absolute Gasteiger partial charge is 0.334 e. The molecule has 1 heterocycles. The number of fused-ring (bicyclic) bond motifs is 3. The lowest BCUT2D eigenvalue weighted by Crippen LogP contribution is -2.05. The summed E-state index contributed by atoms with van der Waals surface area (Å²) >= 11 is 1.63. The Morgan fingerprint density at radius 3 is 2.47 bits per heavy atom. The van der Waals surface area contributed by atoms with E-state index in [1.54, 1.807) is 11.8 Å². The second kappa shape index (κ2) is 4.26. The first-order chi connectivity index (χ1) is 8.38. The van der Waals surface area contributed by atoms with E-state index in [4.69, 9.17) is 0 Å². The highest BCUT2D eigenvalue weighted by molar-refractivity contribution is 8.13. The molecule has 0 saturated carbocycles. The van der Waals surface area contributed by atoms with Crippen molar-refractivity contribution in [2.75, 3.05) is 11.6 Å². The van der Waals surface area contributed by atoms with E-state index in [-0.39, 0.29) is 0 Å². The van der Waals surface area contributed by atoms with E-state index in [0.717, 1.165) is 16.5 Å². The summed E-state index contributed by atoms with van der Waals surface area (Å²) in [6, 6.07) is 16.5. The van der Waals surface area contributed by atoms with Gasteiger partial charge in [0.2, 0.25) is 0 Å². The quantitative estimate of drug-likeness (QED) is 0.748. The molecule has 0 unspecified atom stereocenters. The molecule has 2 nitrogen and oxygen atoms in total. The van der Waals surface area contributed by atoms with Gasteiger partial charge < -0.3 is 5.32 Å². The highest BCUT2D eigenvalue weighted by Gasteiger charge is 2.14. The molecule has 3 rings (SSSR count). The molecule has 3 heteroatoms. The summed E-state index contributed by atoms with van der Waals surface area (Å²) in [6.45, 7) is 0. The lowest BCUT2D eigenvalue weighted by Gasteiger charge is -2.08. The average molecular weight is 240 g/mol. The molecule has 0 amide bonds. The third kappa shape index (κ3) is 1.83. The normalized spacial score (nSPS) is 12.9. The Balaban J connectivity index is 2.29. The van der Waals surface area contributed by atoms with Gasteiger partial charge in [0, 0.05) is 16.8 Å². The Morgan fingerprint density at radius 1 is 0.941 bits per heavy atom. The van der Waals surface area contributed by atoms with Crippen LogP contribution in [-0.4, -0.2) is 11.4 Å². The standard InChI is InChI=1S/C14H12N2S/c1-17-14-15-12-8-4-2-6-10(12)11-7-3-5-9-13(11)16-14/h2-9H,1H3,(H,15,16). The molecular formula is C14H12N2S. The molecule has 0 aromatic heterocycles. The summed E-state index contributed by atoms with van der Waals surface area (Å²) < 4.78 is 0. The average Bonchev–Trinajstić information content (AvgIpc) is 2.55. The van der Waals surface area contributed by atoms with Crippen LogP contribution in [0.1, 0.15) is 0 Å². The molecule has 84 valence electrons. The minimum Gasteiger partial charge on any atom is -0.334 e. The van der Waals surface area contributed by atoms with Crippen LogP contribution in [0.3, 0.4) is 0 Å². The number of anilines is 1. The van der Waals surface area contributed by atoms with Crippen LogP contribution in [0.15, 0.2) is 53.5 Å². The number of para-hydroxylation sites is 2. The fourth-order valence-electron chi connectivity index (χ4n) is 1.98. The molecule has 0 radical (unpaired) electrons. The van der Waals surface area contributed by atoms with Crippen LogP contribution >= 0.6 is 11.8 Å². The predicted octanol–water partition coefficient (Wildman–Crippen LogP) is 4.13. The predicted molar refractivity (Wildman–Crippen MR) is 76.1 cm³/mol. The molecule has 1 aliphatic rings. The fourth-order valence-corrected chi connectivity index (χ4v) is 2.38. The van der Waals surface area contributed by atoms with Gasteiger partial charge in [-0.2, -0.15) is 0 Å². The van der Waals surface area contributed by atoms with Crippen LogP contribution in [0.4, 0.5) is 11.4 Å². The zero-order valence-electron chi connectivity index (χ0n) is 9.47. The summed E-state index contributed by atoms with van der Waals surface area (Å²) in [7, 11) is 0. The lowest BCUT2D eigenvalue weighted by molar-refractivity contribution is 1.53. The second-order valence-electron chi connectivity index (χ2n) is 3.81. The first-order valence-corrected chi connectivity index (χ1v) is 6.69. The van der Waals surface area contributed by atoms with Crippen molar-refractivity contribution >= 4 is 28.3 Å². The maximum atomic E-state index is 4.64. The monoisotopic (exact) mass is 240 g/mol. The summed E-state index contributed by atoms with van der Waals surface area (Å²) in [6.07, 6.45) is 2.03. The summed E-state index contributed by atoms with van der Waals surface area (Å²) in [5.74, 6) is 0. The van der Waals surface area contributed by atoms with E-state index < -0.39 is 0 Å². The Labute approximate surface area is 105 Å². The van der Waals surface area contributed by atoms with Gasteiger partial charge in [0.15, 0.2) is 5.17 Å². The van der Waals surface area contributed by atoms with E-state index in [1.165, 1.54) is 11.1 Å². The third-order valence-electron chi connectivity index (χ3n) is 2.78. The SMILES string of the molecule is CSC1=Nc2ccccc2-c2ccccc2N1. The lowest BCUT2D eigenvalue weighted by atomic mass is 10.0. The molecule has 0 aliphatic carbocycles. The van der Waals surface area contributed by atoms with Gasteiger partial charge in [0.1, 0.15) is 0 Å². The Bertz CT molecular complexity index is 590. The van der Waals surface area contributed by atoms with E-state index >= 15 is 0 Å². The number of hydrogen-bond acceptors (Lipinski definition) is 3. The van der Waals surface area contributed by atoms with Crippen molar-refractivity contribution in [1.29, 1.82) is 0 Å². The second-order valence-corrected chi connectivity index (χ2v) is 4.60. The molecule has 17 heavy (non-hydrogen) atoms.